The Morgan fingerprint density at radius 3 is 2.44 bits per heavy atom. The van der Waals surface area contributed by atoms with Gasteiger partial charge in [-0.3, -0.25) is 0 Å². The molecule has 0 aromatic rings. The zero-order valence-corrected chi connectivity index (χ0v) is 11.4. The third-order valence-electron chi connectivity index (χ3n) is 3.83. The number of rotatable bonds is 6. The summed E-state index contributed by atoms with van der Waals surface area (Å²) >= 11 is 0. The molecule has 5 nitrogen and oxygen atoms in total. The SMILES string of the molecule is CCC(CC(N)=NO)NCC1(O)CCCCCC1. The summed E-state index contributed by atoms with van der Waals surface area (Å²) in [5.74, 6) is 0.238. The van der Waals surface area contributed by atoms with E-state index in [-0.39, 0.29) is 11.9 Å². The predicted molar refractivity (Wildman–Crippen MR) is 72.8 cm³/mol. The zero-order chi connectivity index (χ0) is 13.4. The fraction of sp³-hybridized carbons (Fsp3) is 0.923. The lowest BCUT2D eigenvalue weighted by Crippen LogP contribution is -2.45. The average Bonchev–Trinajstić information content (AvgIpc) is 2.59. The summed E-state index contributed by atoms with van der Waals surface area (Å²) in [6.45, 7) is 2.66. The Labute approximate surface area is 109 Å². The smallest absolute Gasteiger partial charge is 0.140 e. The van der Waals surface area contributed by atoms with Crippen molar-refractivity contribution in [3.63, 3.8) is 0 Å². The van der Waals surface area contributed by atoms with E-state index in [9.17, 15) is 5.11 Å². The standard InChI is InChI=1S/C13H27N3O2/c1-2-11(9-12(14)16-18)15-10-13(17)7-5-3-4-6-8-13/h11,15,17-18H,2-10H2,1H3,(H2,14,16). The third kappa shape index (κ3) is 5.23. The van der Waals surface area contributed by atoms with Crippen LogP contribution in [0, 0.1) is 0 Å². The minimum absolute atomic E-state index is 0.160. The Morgan fingerprint density at radius 1 is 1.33 bits per heavy atom. The van der Waals surface area contributed by atoms with Gasteiger partial charge in [0.25, 0.3) is 0 Å². The van der Waals surface area contributed by atoms with Crippen LogP contribution in [0.5, 0.6) is 0 Å². The molecular weight excluding hydrogens is 230 g/mol. The highest BCUT2D eigenvalue weighted by molar-refractivity contribution is 5.80. The van der Waals surface area contributed by atoms with Gasteiger partial charge < -0.3 is 21.4 Å². The van der Waals surface area contributed by atoms with Gasteiger partial charge in [-0.25, -0.2) is 0 Å². The van der Waals surface area contributed by atoms with Gasteiger partial charge in [0.2, 0.25) is 0 Å². The summed E-state index contributed by atoms with van der Waals surface area (Å²) < 4.78 is 0. The van der Waals surface area contributed by atoms with E-state index < -0.39 is 5.60 Å². The molecule has 1 aliphatic carbocycles. The van der Waals surface area contributed by atoms with Crippen LogP contribution in [0.2, 0.25) is 0 Å². The van der Waals surface area contributed by atoms with Crippen molar-refractivity contribution in [2.75, 3.05) is 6.54 Å². The van der Waals surface area contributed by atoms with Crippen LogP contribution in [-0.2, 0) is 0 Å². The van der Waals surface area contributed by atoms with E-state index in [2.05, 4.69) is 17.4 Å². The highest BCUT2D eigenvalue weighted by atomic mass is 16.4. The first-order valence-corrected chi connectivity index (χ1v) is 7.02. The van der Waals surface area contributed by atoms with Crippen LogP contribution >= 0.6 is 0 Å². The second-order valence-corrected chi connectivity index (χ2v) is 5.42. The zero-order valence-electron chi connectivity index (χ0n) is 11.4. The van der Waals surface area contributed by atoms with Crippen molar-refractivity contribution in [1.82, 2.24) is 5.32 Å². The maximum absolute atomic E-state index is 10.5. The molecule has 1 unspecified atom stereocenters. The summed E-state index contributed by atoms with van der Waals surface area (Å²) in [5.41, 5.74) is 4.94. The first kappa shape index (κ1) is 15.2. The lowest BCUT2D eigenvalue weighted by atomic mass is 9.94. The van der Waals surface area contributed by atoms with Crippen LogP contribution in [0.4, 0.5) is 0 Å². The van der Waals surface area contributed by atoms with Crippen LogP contribution < -0.4 is 11.1 Å². The topological polar surface area (TPSA) is 90.9 Å². The Kier molecular flexibility index (Phi) is 6.43. The molecule has 1 saturated carbocycles. The van der Waals surface area contributed by atoms with Crippen LogP contribution in [0.25, 0.3) is 0 Å². The van der Waals surface area contributed by atoms with Crippen molar-refractivity contribution < 1.29 is 10.3 Å². The number of hydrogen-bond donors (Lipinski definition) is 4. The highest BCUT2D eigenvalue weighted by Crippen LogP contribution is 2.26. The molecule has 0 heterocycles. The molecule has 1 fully saturated rings. The molecule has 5 heteroatoms. The van der Waals surface area contributed by atoms with Crippen LogP contribution in [0.1, 0.15) is 58.3 Å². The molecule has 5 N–H and O–H groups in total. The van der Waals surface area contributed by atoms with Crippen molar-refractivity contribution in [2.45, 2.75) is 69.9 Å². The molecule has 0 radical (unpaired) electrons. The second-order valence-electron chi connectivity index (χ2n) is 5.42. The number of nitrogens with one attached hydrogen (secondary N) is 1. The summed E-state index contributed by atoms with van der Waals surface area (Å²) in [6.07, 6.45) is 7.83. The van der Waals surface area contributed by atoms with Gasteiger partial charge in [0, 0.05) is 19.0 Å². The van der Waals surface area contributed by atoms with Gasteiger partial charge >= 0.3 is 0 Å². The molecule has 106 valence electrons. The van der Waals surface area contributed by atoms with Crippen molar-refractivity contribution in [1.29, 1.82) is 0 Å². The number of amidine groups is 1. The van der Waals surface area contributed by atoms with Gasteiger partial charge in [0.15, 0.2) is 0 Å². The summed E-state index contributed by atoms with van der Waals surface area (Å²) in [4.78, 5) is 0. The Morgan fingerprint density at radius 2 is 1.94 bits per heavy atom. The molecule has 18 heavy (non-hydrogen) atoms. The van der Waals surface area contributed by atoms with Crippen LogP contribution in [-0.4, -0.2) is 34.3 Å². The quantitative estimate of drug-likeness (QED) is 0.191. The maximum Gasteiger partial charge on any atom is 0.140 e. The maximum atomic E-state index is 10.5. The van der Waals surface area contributed by atoms with Gasteiger partial charge in [0.1, 0.15) is 5.84 Å². The van der Waals surface area contributed by atoms with Crippen LogP contribution in [0.3, 0.4) is 0 Å². The molecule has 0 bridgehead atoms. The molecule has 0 spiro atoms. The molecule has 0 amide bonds. The van der Waals surface area contributed by atoms with E-state index in [1.54, 1.807) is 0 Å². The molecule has 0 aromatic heterocycles. The fourth-order valence-corrected chi connectivity index (χ4v) is 2.55. The van der Waals surface area contributed by atoms with Crippen molar-refractivity contribution in [2.24, 2.45) is 10.9 Å². The Balaban J connectivity index is 2.40. The molecule has 0 aromatic carbocycles. The number of nitrogens with two attached hydrogens (primary N) is 1. The lowest BCUT2D eigenvalue weighted by molar-refractivity contribution is 0.0227. The van der Waals surface area contributed by atoms with E-state index in [0.29, 0.717) is 13.0 Å². The number of hydrogen-bond acceptors (Lipinski definition) is 4. The largest absolute Gasteiger partial charge is 0.409 e. The van der Waals surface area contributed by atoms with Gasteiger partial charge in [-0.2, -0.15) is 0 Å². The van der Waals surface area contributed by atoms with E-state index in [1.807, 2.05) is 0 Å². The summed E-state index contributed by atoms with van der Waals surface area (Å²) in [6, 6.07) is 0.160. The molecule has 1 atom stereocenters. The van der Waals surface area contributed by atoms with Gasteiger partial charge in [0.05, 0.1) is 5.60 Å². The number of nitrogens with zero attached hydrogens (tertiary/aromatic N) is 1. The molecule has 0 saturated heterocycles. The Bertz CT molecular complexity index is 261. The number of aliphatic hydroxyl groups is 1. The lowest BCUT2D eigenvalue weighted by Gasteiger charge is -2.29. The van der Waals surface area contributed by atoms with Crippen molar-refractivity contribution in [3.05, 3.63) is 0 Å². The average molecular weight is 257 g/mol. The van der Waals surface area contributed by atoms with E-state index in [0.717, 1.165) is 32.1 Å². The molecular formula is C13H27N3O2. The molecule has 1 aliphatic rings. The molecule has 0 aliphatic heterocycles. The molecule has 1 rings (SSSR count). The summed E-state index contributed by atoms with van der Waals surface area (Å²) in [5, 5.41) is 25.4. The predicted octanol–water partition coefficient (Wildman–Crippen LogP) is 1.58. The van der Waals surface area contributed by atoms with E-state index >= 15 is 0 Å². The first-order valence-electron chi connectivity index (χ1n) is 7.02. The summed E-state index contributed by atoms with van der Waals surface area (Å²) in [7, 11) is 0. The Hall–Kier alpha value is -0.810. The van der Waals surface area contributed by atoms with Crippen LogP contribution in [0.15, 0.2) is 5.16 Å². The first-order chi connectivity index (χ1) is 8.59. The minimum Gasteiger partial charge on any atom is -0.409 e. The third-order valence-corrected chi connectivity index (χ3v) is 3.83. The van der Waals surface area contributed by atoms with Gasteiger partial charge in [-0.1, -0.05) is 37.8 Å². The minimum atomic E-state index is -0.574. The highest BCUT2D eigenvalue weighted by Gasteiger charge is 2.28. The van der Waals surface area contributed by atoms with E-state index in [1.165, 1.54) is 12.8 Å². The van der Waals surface area contributed by atoms with Crippen molar-refractivity contribution in [3.8, 4) is 0 Å². The number of oxime groups is 1. The fourth-order valence-electron chi connectivity index (χ4n) is 2.55. The van der Waals surface area contributed by atoms with Gasteiger partial charge in [-0.05, 0) is 19.3 Å². The normalized spacial score (nSPS) is 22.4. The second kappa shape index (κ2) is 7.59. The van der Waals surface area contributed by atoms with Crippen molar-refractivity contribution >= 4 is 5.84 Å². The monoisotopic (exact) mass is 257 g/mol. The van der Waals surface area contributed by atoms with E-state index in [4.69, 9.17) is 10.9 Å². The van der Waals surface area contributed by atoms with Gasteiger partial charge in [-0.15, -0.1) is 0 Å².